The molecule has 0 fully saturated rings. The third-order valence-electron chi connectivity index (χ3n) is 5.26. The van der Waals surface area contributed by atoms with E-state index in [-0.39, 0.29) is 0 Å². The van der Waals surface area contributed by atoms with Crippen molar-refractivity contribution in [2.24, 2.45) is 11.8 Å². The van der Waals surface area contributed by atoms with Crippen molar-refractivity contribution < 1.29 is 0 Å². The lowest BCUT2D eigenvalue weighted by Crippen LogP contribution is -2.10. The molecular formula is C24H28. The lowest BCUT2D eigenvalue weighted by Gasteiger charge is -2.23. The highest BCUT2D eigenvalue weighted by atomic mass is 14.3. The third-order valence-corrected chi connectivity index (χ3v) is 5.26. The van der Waals surface area contributed by atoms with E-state index >= 15 is 0 Å². The molecule has 2 aromatic rings. The topological polar surface area (TPSA) is 0 Å². The van der Waals surface area contributed by atoms with Crippen molar-refractivity contribution in [3.8, 4) is 0 Å². The molecule has 0 N–H and O–H groups in total. The summed E-state index contributed by atoms with van der Waals surface area (Å²) in [5, 5.41) is 0. The monoisotopic (exact) mass is 316 g/mol. The molecule has 2 unspecified atom stereocenters. The van der Waals surface area contributed by atoms with Crippen LogP contribution in [0.15, 0.2) is 72.3 Å². The summed E-state index contributed by atoms with van der Waals surface area (Å²) in [6.07, 6.45) is 8.43. The lowest BCUT2D eigenvalue weighted by molar-refractivity contribution is 0.654. The average Bonchev–Trinajstić information content (AvgIpc) is 3.04. The van der Waals surface area contributed by atoms with Crippen molar-refractivity contribution in [3.05, 3.63) is 94.6 Å². The molecule has 2 atom stereocenters. The van der Waals surface area contributed by atoms with Crippen LogP contribution < -0.4 is 0 Å². The van der Waals surface area contributed by atoms with E-state index in [0.29, 0.717) is 17.8 Å². The molecule has 0 aliphatic heterocycles. The van der Waals surface area contributed by atoms with Crippen molar-refractivity contribution in [3.63, 3.8) is 0 Å². The summed E-state index contributed by atoms with van der Waals surface area (Å²) in [7, 11) is 0. The van der Waals surface area contributed by atoms with Gasteiger partial charge in [-0.05, 0) is 42.9 Å². The maximum atomic E-state index is 2.49. The van der Waals surface area contributed by atoms with Gasteiger partial charge in [-0.25, -0.2) is 0 Å². The highest BCUT2D eigenvalue weighted by Crippen LogP contribution is 2.39. The van der Waals surface area contributed by atoms with Gasteiger partial charge in [0, 0.05) is 11.8 Å². The second-order valence-corrected chi connectivity index (χ2v) is 7.22. The first-order valence-electron chi connectivity index (χ1n) is 9.11. The van der Waals surface area contributed by atoms with Crippen LogP contribution in [0.25, 0.3) is 0 Å². The minimum absolute atomic E-state index is 0.391. The fourth-order valence-corrected chi connectivity index (χ4v) is 3.69. The Morgan fingerprint density at radius 3 is 2.00 bits per heavy atom. The van der Waals surface area contributed by atoms with Crippen LogP contribution in [0.2, 0.25) is 0 Å². The van der Waals surface area contributed by atoms with Gasteiger partial charge in [-0.2, -0.15) is 0 Å². The van der Waals surface area contributed by atoms with E-state index in [1.165, 1.54) is 34.2 Å². The first-order chi connectivity index (χ1) is 11.6. The number of rotatable bonds is 5. The van der Waals surface area contributed by atoms with Crippen LogP contribution in [0.3, 0.4) is 0 Å². The zero-order valence-electron chi connectivity index (χ0n) is 15.3. The van der Waals surface area contributed by atoms with Crippen LogP contribution in [0.1, 0.15) is 48.4 Å². The highest BCUT2D eigenvalue weighted by molar-refractivity contribution is 5.43. The molecule has 0 aromatic heterocycles. The highest BCUT2D eigenvalue weighted by Gasteiger charge is 2.25. The smallest absolute Gasteiger partial charge is 0.0187 e. The summed E-state index contributed by atoms with van der Waals surface area (Å²) >= 11 is 0. The van der Waals surface area contributed by atoms with Crippen LogP contribution in [0, 0.1) is 25.7 Å². The second-order valence-electron chi connectivity index (χ2n) is 7.22. The Morgan fingerprint density at radius 1 is 0.917 bits per heavy atom. The minimum Gasteiger partial charge on any atom is -0.0764 e. The number of allylic oxidation sites excluding steroid dienone is 4. The molecule has 124 valence electrons. The van der Waals surface area contributed by atoms with Gasteiger partial charge in [0.2, 0.25) is 0 Å². The lowest BCUT2D eigenvalue weighted by atomic mass is 9.80. The van der Waals surface area contributed by atoms with E-state index in [1.807, 2.05) is 0 Å². The molecule has 0 amide bonds. The van der Waals surface area contributed by atoms with E-state index in [0.717, 1.165) is 0 Å². The van der Waals surface area contributed by atoms with Gasteiger partial charge in [-0.3, -0.25) is 0 Å². The van der Waals surface area contributed by atoms with Crippen molar-refractivity contribution in [1.82, 2.24) is 0 Å². The van der Waals surface area contributed by atoms with Gasteiger partial charge in [0.05, 0.1) is 0 Å². The average molecular weight is 316 g/mol. The fourth-order valence-electron chi connectivity index (χ4n) is 3.69. The normalized spacial score (nSPS) is 18.0. The van der Waals surface area contributed by atoms with Crippen LogP contribution in [0.4, 0.5) is 0 Å². The van der Waals surface area contributed by atoms with Crippen molar-refractivity contribution in [2.45, 2.75) is 40.0 Å². The molecular weight excluding hydrogens is 288 g/mol. The predicted octanol–water partition coefficient (Wildman–Crippen LogP) is 6.59. The summed E-state index contributed by atoms with van der Waals surface area (Å²) in [5.41, 5.74) is 6.98. The molecule has 1 aliphatic carbocycles. The van der Waals surface area contributed by atoms with E-state index < -0.39 is 0 Å². The van der Waals surface area contributed by atoms with Gasteiger partial charge in [0.1, 0.15) is 0 Å². The van der Waals surface area contributed by atoms with Crippen LogP contribution >= 0.6 is 0 Å². The van der Waals surface area contributed by atoms with Crippen LogP contribution in [0.5, 0.6) is 0 Å². The zero-order chi connectivity index (χ0) is 17.1. The van der Waals surface area contributed by atoms with Gasteiger partial charge >= 0.3 is 0 Å². The van der Waals surface area contributed by atoms with Gasteiger partial charge in [-0.1, -0.05) is 91.7 Å². The maximum Gasteiger partial charge on any atom is 0.0187 e. The Hall–Kier alpha value is -2.08. The Balaban J connectivity index is 2.04. The van der Waals surface area contributed by atoms with Crippen molar-refractivity contribution >= 4 is 0 Å². The maximum absolute atomic E-state index is 2.49. The number of benzene rings is 2. The molecule has 0 heterocycles. The Labute approximate surface area is 146 Å². The minimum atomic E-state index is 0.391. The molecule has 1 aliphatic rings. The Bertz CT molecular complexity index is 718. The first kappa shape index (κ1) is 16.8. The van der Waals surface area contributed by atoms with E-state index in [4.69, 9.17) is 0 Å². The summed E-state index contributed by atoms with van der Waals surface area (Å²) in [6, 6.07) is 18.0. The molecule has 24 heavy (non-hydrogen) atoms. The number of aryl methyl sites for hydroxylation is 2. The Morgan fingerprint density at radius 2 is 1.50 bits per heavy atom. The molecule has 0 saturated heterocycles. The van der Waals surface area contributed by atoms with Crippen LogP contribution in [-0.2, 0) is 0 Å². The van der Waals surface area contributed by atoms with Gasteiger partial charge in [0.25, 0.3) is 0 Å². The molecule has 2 aromatic carbocycles. The number of hydrogen-bond acceptors (Lipinski definition) is 0. The summed E-state index contributed by atoms with van der Waals surface area (Å²) < 4.78 is 0. The van der Waals surface area contributed by atoms with E-state index in [2.05, 4.69) is 94.5 Å². The molecule has 0 spiro atoms. The summed E-state index contributed by atoms with van der Waals surface area (Å²) in [4.78, 5) is 0. The third kappa shape index (κ3) is 3.53. The quantitative estimate of drug-likeness (QED) is 0.583. The SMILES string of the molecule is CCC(C)C1=CC(C(c2cccc(C)c2)c2cccc(C)c2)C=C1. The first-order valence-corrected chi connectivity index (χ1v) is 9.11. The molecule has 0 bridgehead atoms. The second kappa shape index (κ2) is 7.21. The number of hydrogen-bond donors (Lipinski definition) is 0. The predicted molar refractivity (Wildman–Crippen MR) is 104 cm³/mol. The fraction of sp³-hybridized carbons (Fsp3) is 0.333. The Kier molecular flexibility index (Phi) is 5.04. The van der Waals surface area contributed by atoms with E-state index in [1.54, 1.807) is 0 Å². The van der Waals surface area contributed by atoms with Crippen LogP contribution in [-0.4, -0.2) is 0 Å². The zero-order valence-corrected chi connectivity index (χ0v) is 15.3. The van der Waals surface area contributed by atoms with Gasteiger partial charge in [0.15, 0.2) is 0 Å². The van der Waals surface area contributed by atoms with Gasteiger partial charge < -0.3 is 0 Å². The largest absolute Gasteiger partial charge is 0.0764 e. The summed E-state index contributed by atoms with van der Waals surface area (Å²) in [6.45, 7) is 8.96. The standard InChI is InChI=1S/C24H28/c1-5-19(4)20-12-13-23(16-20)24(21-10-6-8-17(2)14-21)22-11-7-9-18(3)15-22/h6-16,19,23-24H,5H2,1-4H3. The van der Waals surface area contributed by atoms with Crippen molar-refractivity contribution in [1.29, 1.82) is 0 Å². The van der Waals surface area contributed by atoms with Gasteiger partial charge in [-0.15, -0.1) is 0 Å². The molecule has 0 saturated carbocycles. The van der Waals surface area contributed by atoms with E-state index in [9.17, 15) is 0 Å². The molecule has 0 radical (unpaired) electrons. The molecule has 0 nitrogen and oxygen atoms in total. The summed E-state index contributed by atoms with van der Waals surface area (Å²) in [5.74, 6) is 1.47. The molecule has 3 rings (SSSR count). The van der Waals surface area contributed by atoms with Crippen molar-refractivity contribution in [2.75, 3.05) is 0 Å². The molecule has 0 heteroatoms.